The third-order valence-electron chi connectivity index (χ3n) is 4.13. The summed E-state index contributed by atoms with van der Waals surface area (Å²) in [5.74, 6) is 2.27. The number of anilines is 1. The fraction of sp³-hybridized carbons (Fsp3) is 0.294. The van der Waals surface area contributed by atoms with Crippen LogP contribution in [-0.4, -0.2) is 53.2 Å². The van der Waals surface area contributed by atoms with Crippen molar-refractivity contribution in [1.82, 2.24) is 25.3 Å². The second-order valence-electron chi connectivity index (χ2n) is 5.58. The number of pyridine rings is 2. The molecule has 1 saturated heterocycles. The highest BCUT2D eigenvalue weighted by Gasteiger charge is 2.20. The second-order valence-corrected chi connectivity index (χ2v) is 5.58. The standard InChI is InChI=1S/C17H18N6O/c1-24-14-11-20-10-13-15(14)17(23-8-6-19-7-9-23)22-16(21-13)12-2-4-18-5-3-12/h2-5,10-11,19H,6-9H2,1H3. The minimum atomic E-state index is 0.675. The number of methoxy groups -OCH3 is 1. The van der Waals surface area contributed by atoms with Crippen molar-refractivity contribution in [3.05, 3.63) is 36.9 Å². The lowest BCUT2D eigenvalue weighted by atomic mass is 10.2. The van der Waals surface area contributed by atoms with Crippen molar-refractivity contribution < 1.29 is 4.74 Å². The Morgan fingerprint density at radius 1 is 1.04 bits per heavy atom. The number of nitrogens with zero attached hydrogens (tertiary/aromatic N) is 5. The van der Waals surface area contributed by atoms with Gasteiger partial charge in [-0.15, -0.1) is 0 Å². The lowest BCUT2D eigenvalue weighted by molar-refractivity contribution is 0.418. The molecule has 4 heterocycles. The molecule has 1 fully saturated rings. The molecule has 0 amide bonds. The molecule has 1 aliphatic rings. The minimum absolute atomic E-state index is 0.675. The van der Waals surface area contributed by atoms with Crippen LogP contribution < -0.4 is 15.0 Å². The van der Waals surface area contributed by atoms with Gasteiger partial charge >= 0.3 is 0 Å². The monoisotopic (exact) mass is 322 g/mol. The summed E-state index contributed by atoms with van der Waals surface area (Å²) in [6.45, 7) is 3.66. The van der Waals surface area contributed by atoms with E-state index in [1.54, 1.807) is 31.9 Å². The molecule has 0 aromatic carbocycles. The minimum Gasteiger partial charge on any atom is -0.494 e. The molecule has 24 heavy (non-hydrogen) atoms. The Labute approximate surface area is 139 Å². The first-order valence-corrected chi connectivity index (χ1v) is 7.92. The number of rotatable bonds is 3. The normalized spacial score (nSPS) is 14.8. The van der Waals surface area contributed by atoms with Gasteiger partial charge in [-0.05, 0) is 12.1 Å². The molecule has 0 spiro atoms. The average molecular weight is 322 g/mol. The first-order valence-electron chi connectivity index (χ1n) is 7.92. The van der Waals surface area contributed by atoms with Crippen LogP contribution in [0.5, 0.6) is 5.75 Å². The van der Waals surface area contributed by atoms with Crippen LogP contribution in [0.1, 0.15) is 0 Å². The molecular weight excluding hydrogens is 304 g/mol. The zero-order chi connectivity index (χ0) is 16.4. The van der Waals surface area contributed by atoms with Gasteiger partial charge in [-0.3, -0.25) is 9.97 Å². The predicted octanol–water partition coefficient (Wildman–Crippen LogP) is 1.50. The molecule has 3 aromatic heterocycles. The molecule has 0 aliphatic carbocycles. The summed E-state index contributed by atoms with van der Waals surface area (Å²) >= 11 is 0. The number of hydrogen-bond donors (Lipinski definition) is 1. The fourth-order valence-electron chi connectivity index (χ4n) is 2.93. The van der Waals surface area contributed by atoms with Gasteiger partial charge in [0.15, 0.2) is 5.82 Å². The summed E-state index contributed by atoms with van der Waals surface area (Å²) in [5.41, 5.74) is 1.72. The quantitative estimate of drug-likeness (QED) is 0.783. The van der Waals surface area contributed by atoms with Crippen molar-refractivity contribution in [2.45, 2.75) is 0 Å². The Bertz CT molecular complexity index is 848. The van der Waals surface area contributed by atoms with Crippen LogP contribution in [0.4, 0.5) is 5.82 Å². The first kappa shape index (κ1) is 14.8. The first-order chi connectivity index (χ1) is 11.9. The summed E-state index contributed by atoms with van der Waals surface area (Å²) in [5, 5.41) is 4.28. The number of hydrogen-bond acceptors (Lipinski definition) is 7. The third-order valence-corrected chi connectivity index (χ3v) is 4.13. The van der Waals surface area contributed by atoms with Crippen molar-refractivity contribution in [2.24, 2.45) is 0 Å². The van der Waals surface area contributed by atoms with Crippen molar-refractivity contribution >= 4 is 16.7 Å². The highest BCUT2D eigenvalue weighted by Crippen LogP contribution is 2.33. The van der Waals surface area contributed by atoms with Crippen molar-refractivity contribution in [1.29, 1.82) is 0 Å². The second kappa shape index (κ2) is 6.37. The average Bonchev–Trinajstić information content (AvgIpc) is 2.68. The van der Waals surface area contributed by atoms with Crippen LogP contribution in [0.2, 0.25) is 0 Å². The fourth-order valence-corrected chi connectivity index (χ4v) is 2.93. The smallest absolute Gasteiger partial charge is 0.162 e. The highest BCUT2D eigenvalue weighted by molar-refractivity contribution is 5.95. The van der Waals surface area contributed by atoms with Gasteiger partial charge in [0.25, 0.3) is 0 Å². The van der Waals surface area contributed by atoms with Crippen LogP contribution in [-0.2, 0) is 0 Å². The number of ether oxygens (including phenoxy) is 1. The number of fused-ring (bicyclic) bond motifs is 1. The topological polar surface area (TPSA) is 76.1 Å². The molecular formula is C17H18N6O. The van der Waals surface area contributed by atoms with E-state index in [9.17, 15) is 0 Å². The molecule has 7 heteroatoms. The highest BCUT2D eigenvalue weighted by atomic mass is 16.5. The van der Waals surface area contributed by atoms with Gasteiger partial charge in [0, 0.05) is 44.1 Å². The molecule has 1 N–H and O–H groups in total. The number of aromatic nitrogens is 4. The molecule has 1 aliphatic heterocycles. The zero-order valence-electron chi connectivity index (χ0n) is 13.4. The molecule has 7 nitrogen and oxygen atoms in total. The van der Waals surface area contributed by atoms with Gasteiger partial charge in [0.2, 0.25) is 0 Å². The van der Waals surface area contributed by atoms with Gasteiger partial charge < -0.3 is 15.0 Å². The van der Waals surface area contributed by atoms with Gasteiger partial charge in [0.1, 0.15) is 11.6 Å². The van der Waals surface area contributed by atoms with E-state index in [2.05, 4.69) is 25.2 Å². The summed E-state index contributed by atoms with van der Waals surface area (Å²) < 4.78 is 5.51. The van der Waals surface area contributed by atoms with E-state index in [0.717, 1.165) is 48.5 Å². The lowest BCUT2D eigenvalue weighted by Gasteiger charge is -2.29. The Hall–Kier alpha value is -2.80. The number of piperazine rings is 1. The van der Waals surface area contributed by atoms with E-state index in [-0.39, 0.29) is 0 Å². The molecule has 0 radical (unpaired) electrons. The summed E-state index contributed by atoms with van der Waals surface area (Å²) in [6, 6.07) is 3.83. The Morgan fingerprint density at radius 2 is 1.83 bits per heavy atom. The molecule has 0 bridgehead atoms. The predicted molar refractivity (Wildman–Crippen MR) is 92.2 cm³/mol. The maximum absolute atomic E-state index is 5.51. The molecule has 3 aromatic rings. The SMILES string of the molecule is COc1cncc2nc(-c3ccncc3)nc(N3CCNCC3)c12. The van der Waals surface area contributed by atoms with Crippen LogP contribution in [0.15, 0.2) is 36.9 Å². The maximum atomic E-state index is 5.51. The molecule has 4 rings (SSSR count). The van der Waals surface area contributed by atoms with Crippen LogP contribution in [0, 0.1) is 0 Å². The van der Waals surface area contributed by atoms with Gasteiger partial charge in [0.05, 0.1) is 30.4 Å². The Balaban J connectivity index is 1.94. The van der Waals surface area contributed by atoms with E-state index in [1.165, 1.54) is 0 Å². The van der Waals surface area contributed by atoms with Crippen molar-refractivity contribution in [3.63, 3.8) is 0 Å². The van der Waals surface area contributed by atoms with E-state index in [4.69, 9.17) is 9.72 Å². The van der Waals surface area contributed by atoms with Crippen LogP contribution in [0.25, 0.3) is 22.3 Å². The third kappa shape index (κ3) is 2.63. The molecule has 0 saturated carbocycles. The number of nitrogens with one attached hydrogen (secondary N) is 1. The summed E-state index contributed by atoms with van der Waals surface area (Å²) in [4.78, 5) is 20.1. The van der Waals surface area contributed by atoms with Gasteiger partial charge in [-0.1, -0.05) is 0 Å². The summed E-state index contributed by atoms with van der Waals surface area (Å²) in [7, 11) is 1.65. The maximum Gasteiger partial charge on any atom is 0.162 e. The van der Waals surface area contributed by atoms with E-state index < -0.39 is 0 Å². The van der Waals surface area contributed by atoms with E-state index in [1.807, 2.05) is 12.1 Å². The van der Waals surface area contributed by atoms with E-state index >= 15 is 0 Å². The van der Waals surface area contributed by atoms with Crippen molar-refractivity contribution in [3.8, 4) is 17.1 Å². The van der Waals surface area contributed by atoms with Crippen LogP contribution >= 0.6 is 0 Å². The Morgan fingerprint density at radius 3 is 2.58 bits per heavy atom. The summed E-state index contributed by atoms with van der Waals surface area (Å²) in [6.07, 6.45) is 6.97. The van der Waals surface area contributed by atoms with E-state index in [0.29, 0.717) is 11.6 Å². The van der Waals surface area contributed by atoms with Gasteiger partial charge in [-0.25, -0.2) is 9.97 Å². The molecule has 122 valence electrons. The van der Waals surface area contributed by atoms with Crippen LogP contribution in [0.3, 0.4) is 0 Å². The Kier molecular flexibility index (Phi) is 3.92. The largest absolute Gasteiger partial charge is 0.494 e. The zero-order valence-corrected chi connectivity index (χ0v) is 13.4. The molecule has 0 atom stereocenters. The lowest BCUT2D eigenvalue weighted by Crippen LogP contribution is -2.44. The van der Waals surface area contributed by atoms with Crippen molar-refractivity contribution in [2.75, 3.05) is 38.2 Å². The molecule has 0 unspecified atom stereocenters. The van der Waals surface area contributed by atoms with Gasteiger partial charge in [-0.2, -0.15) is 0 Å².